The third kappa shape index (κ3) is 4.95. The number of amides is 1. The first-order valence-corrected chi connectivity index (χ1v) is 14.7. The fraction of sp³-hybridized carbons (Fsp3) is 0.484. The average molecular weight is 597 g/mol. The highest BCUT2D eigenvalue weighted by Gasteiger charge is 2.53. The van der Waals surface area contributed by atoms with Crippen LogP contribution in [0.15, 0.2) is 42.7 Å². The van der Waals surface area contributed by atoms with Crippen molar-refractivity contribution in [2.75, 3.05) is 51.3 Å². The molecule has 0 radical (unpaired) electrons. The zero-order valence-corrected chi connectivity index (χ0v) is 24.4. The van der Waals surface area contributed by atoms with Crippen LogP contribution >= 0.6 is 0 Å². The molecule has 0 saturated carbocycles. The third-order valence-electron chi connectivity index (χ3n) is 9.13. The van der Waals surface area contributed by atoms with Crippen LogP contribution in [0.3, 0.4) is 0 Å². The highest BCUT2D eigenvalue weighted by atomic mass is 19.4. The van der Waals surface area contributed by atoms with Crippen molar-refractivity contribution in [1.29, 1.82) is 0 Å². The summed E-state index contributed by atoms with van der Waals surface area (Å²) in [5.74, 6) is -0.155. The van der Waals surface area contributed by atoms with Gasteiger partial charge in [-0.25, -0.2) is 15.0 Å². The van der Waals surface area contributed by atoms with E-state index < -0.39 is 23.0 Å². The van der Waals surface area contributed by atoms with Gasteiger partial charge in [0, 0.05) is 50.5 Å². The van der Waals surface area contributed by atoms with E-state index in [0.29, 0.717) is 75.0 Å². The molecule has 228 valence electrons. The number of fused-ring (bicyclic) bond motifs is 2. The second-order valence-electron chi connectivity index (χ2n) is 11.3. The Bertz CT molecular complexity index is 1510. The van der Waals surface area contributed by atoms with Gasteiger partial charge in [0.2, 0.25) is 11.8 Å². The van der Waals surface area contributed by atoms with Crippen molar-refractivity contribution in [2.45, 2.75) is 44.3 Å². The molecule has 2 atom stereocenters. The molecule has 0 aromatic carbocycles. The van der Waals surface area contributed by atoms with Crippen LogP contribution in [-0.2, 0) is 11.6 Å². The Kier molecular flexibility index (Phi) is 7.66. The van der Waals surface area contributed by atoms with Gasteiger partial charge in [0.05, 0.1) is 36.7 Å². The fourth-order valence-electron chi connectivity index (χ4n) is 6.89. The Labute approximate surface area is 248 Å². The Morgan fingerprint density at radius 3 is 2.56 bits per heavy atom. The molecule has 3 aliphatic rings. The molecule has 2 fully saturated rings. The average Bonchev–Trinajstić information content (AvgIpc) is 2.98. The van der Waals surface area contributed by atoms with E-state index in [1.54, 1.807) is 17.2 Å². The lowest BCUT2D eigenvalue weighted by Crippen LogP contribution is -2.66. The van der Waals surface area contributed by atoms with Gasteiger partial charge in [-0.3, -0.25) is 4.79 Å². The lowest BCUT2D eigenvalue weighted by molar-refractivity contribution is -0.138. The Hall–Kier alpha value is -3.93. The number of rotatable bonds is 7. The minimum Gasteiger partial charge on any atom is -0.481 e. The zero-order chi connectivity index (χ0) is 30.4. The highest BCUT2D eigenvalue weighted by molar-refractivity contribution is 5.96. The summed E-state index contributed by atoms with van der Waals surface area (Å²) in [7, 11) is 1.20. The van der Waals surface area contributed by atoms with E-state index in [0.717, 1.165) is 5.56 Å². The number of carbonyl (C=O) groups excluding carboxylic acids is 1. The molecule has 0 bridgehead atoms. The smallest absolute Gasteiger partial charge is 0.423 e. The first-order chi connectivity index (χ1) is 20.7. The van der Waals surface area contributed by atoms with E-state index in [-0.39, 0.29) is 23.6 Å². The van der Waals surface area contributed by atoms with E-state index in [1.807, 2.05) is 30.0 Å². The van der Waals surface area contributed by atoms with Gasteiger partial charge in [-0.05, 0) is 49.1 Å². The van der Waals surface area contributed by atoms with Crippen LogP contribution in [0.4, 0.5) is 18.9 Å². The van der Waals surface area contributed by atoms with E-state index in [1.165, 1.54) is 19.4 Å². The quantitative estimate of drug-likeness (QED) is 0.424. The maximum absolute atomic E-state index is 14.2. The van der Waals surface area contributed by atoms with Crippen molar-refractivity contribution in [3.05, 3.63) is 59.5 Å². The van der Waals surface area contributed by atoms with Crippen LogP contribution in [0.1, 0.15) is 48.3 Å². The molecule has 3 aromatic rings. The number of hydrogen-bond acceptors (Lipinski definition) is 8. The van der Waals surface area contributed by atoms with E-state index in [9.17, 15) is 18.0 Å². The predicted octanol–water partition coefficient (Wildman–Crippen LogP) is 4.57. The number of halogens is 3. The third-order valence-corrected chi connectivity index (χ3v) is 9.13. The number of ether oxygens (including phenoxy) is 2. The van der Waals surface area contributed by atoms with E-state index >= 15 is 0 Å². The summed E-state index contributed by atoms with van der Waals surface area (Å²) in [5.41, 5.74) is 1.28. The first kappa shape index (κ1) is 29.2. The number of methoxy groups -OCH3 is 1. The number of pyridine rings is 3. The normalized spacial score (nSPS) is 22.4. The summed E-state index contributed by atoms with van der Waals surface area (Å²) < 4.78 is 53.5. The molecular formula is C31H35F3N6O3. The van der Waals surface area contributed by atoms with Gasteiger partial charge in [0.1, 0.15) is 11.3 Å². The van der Waals surface area contributed by atoms with Gasteiger partial charge in [0.25, 0.3) is 5.91 Å². The van der Waals surface area contributed by atoms with Crippen molar-refractivity contribution in [3.63, 3.8) is 0 Å². The standard InChI is InChI=1S/C31H35F3N6O3/c1-4-19-17-39(24-10-13-37-28(42-3)25(24)31(32,33)34)14-11-30(19)18-40(20-15-35-16-20)29(41)26-22(30)8-9-23(38-26)21-7-6-12-36-27(21)43-5-2/h6-10,12-13,19-20,35H,4-5,11,14-18H2,1-3H3/t19-,30+/m1/s1. The monoisotopic (exact) mass is 596 g/mol. The lowest BCUT2D eigenvalue weighted by Gasteiger charge is -2.55. The number of alkyl halides is 3. The van der Waals surface area contributed by atoms with Crippen LogP contribution in [0.25, 0.3) is 11.3 Å². The van der Waals surface area contributed by atoms with Gasteiger partial charge in [0.15, 0.2) is 0 Å². The van der Waals surface area contributed by atoms with Gasteiger partial charge in [-0.2, -0.15) is 13.2 Å². The molecular weight excluding hydrogens is 561 g/mol. The zero-order valence-electron chi connectivity index (χ0n) is 24.4. The van der Waals surface area contributed by atoms with E-state index in [4.69, 9.17) is 14.5 Å². The molecule has 3 aliphatic heterocycles. The summed E-state index contributed by atoms with van der Waals surface area (Å²) in [6, 6.07) is 9.03. The number of nitrogens with zero attached hydrogens (tertiary/aromatic N) is 5. The molecule has 6 rings (SSSR count). The maximum atomic E-state index is 14.2. The van der Waals surface area contributed by atoms with Gasteiger partial charge >= 0.3 is 6.18 Å². The van der Waals surface area contributed by atoms with Gasteiger partial charge in [-0.15, -0.1) is 0 Å². The summed E-state index contributed by atoms with van der Waals surface area (Å²) in [6.45, 7) is 7.03. The van der Waals surface area contributed by atoms with Crippen molar-refractivity contribution < 1.29 is 27.4 Å². The Morgan fingerprint density at radius 1 is 1.09 bits per heavy atom. The van der Waals surface area contributed by atoms with Crippen LogP contribution in [0.5, 0.6) is 11.8 Å². The minimum absolute atomic E-state index is 0.0391. The minimum atomic E-state index is -4.63. The van der Waals surface area contributed by atoms with Crippen LogP contribution in [0.2, 0.25) is 0 Å². The SMILES string of the molecule is CCOc1ncccc1-c1ccc2c(n1)C(=O)N(C1CNC1)C[C@]21CCN(c2ccnc(OC)c2C(F)(F)F)C[C@H]1CC. The number of aromatic nitrogens is 3. The Balaban J connectivity index is 1.43. The van der Waals surface area contributed by atoms with Crippen molar-refractivity contribution in [2.24, 2.45) is 5.92 Å². The summed E-state index contributed by atoms with van der Waals surface area (Å²) in [6.07, 6.45) is -0.349. The second kappa shape index (κ2) is 11.3. The second-order valence-corrected chi connectivity index (χ2v) is 11.3. The molecule has 1 spiro atoms. The molecule has 12 heteroatoms. The number of nitrogens with one attached hydrogen (secondary N) is 1. The van der Waals surface area contributed by atoms with Crippen LogP contribution < -0.4 is 19.7 Å². The first-order valence-electron chi connectivity index (χ1n) is 14.7. The van der Waals surface area contributed by atoms with Crippen molar-refractivity contribution in [1.82, 2.24) is 25.2 Å². The lowest BCUT2D eigenvalue weighted by atomic mass is 9.62. The molecule has 1 N–H and O–H groups in total. The van der Waals surface area contributed by atoms with Gasteiger partial charge in [-0.1, -0.05) is 19.4 Å². The molecule has 9 nitrogen and oxygen atoms in total. The van der Waals surface area contributed by atoms with Crippen LogP contribution in [-0.4, -0.2) is 78.2 Å². The van der Waals surface area contributed by atoms with E-state index in [2.05, 4.69) is 22.2 Å². The van der Waals surface area contributed by atoms with Crippen molar-refractivity contribution in [3.8, 4) is 23.0 Å². The van der Waals surface area contributed by atoms with Gasteiger partial charge < -0.3 is 24.6 Å². The Morgan fingerprint density at radius 2 is 1.88 bits per heavy atom. The molecule has 0 aliphatic carbocycles. The number of carbonyl (C=O) groups is 1. The molecule has 6 heterocycles. The number of piperidine rings is 1. The molecule has 0 unspecified atom stereocenters. The largest absolute Gasteiger partial charge is 0.481 e. The molecule has 2 saturated heterocycles. The summed E-state index contributed by atoms with van der Waals surface area (Å²) >= 11 is 0. The number of hydrogen-bond donors (Lipinski definition) is 1. The fourth-order valence-corrected chi connectivity index (χ4v) is 6.89. The predicted molar refractivity (Wildman–Crippen MR) is 154 cm³/mol. The summed E-state index contributed by atoms with van der Waals surface area (Å²) in [4.78, 5) is 30.9. The van der Waals surface area contributed by atoms with Crippen molar-refractivity contribution >= 4 is 11.6 Å². The molecule has 1 amide bonds. The topological polar surface area (TPSA) is 92.7 Å². The van der Waals surface area contributed by atoms with Crippen LogP contribution in [0, 0.1) is 5.92 Å². The summed E-state index contributed by atoms with van der Waals surface area (Å²) in [5, 5.41) is 3.27. The number of anilines is 1. The highest BCUT2D eigenvalue weighted by Crippen LogP contribution is 2.50. The molecule has 43 heavy (non-hydrogen) atoms. The molecule has 3 aromatic heterocycles. The maximum Gasteiger partial charge on any atom is 0.423 e.